The maximum atomic E-state index is 12.5. The van der Waals surface area contributed by atoms with Crippen LogP contribution in [0.2, 0.25) is 0 Å². The highest BCUT2D eigenvalue weighted by Crippen LogP contribution is 2.11. The molecule has 1 aliphatic heterocycles. The third-order valence-corrected chi connectivity index (χ3v) is 5.66. The number of aromatic carboxylic acids is 1. The van der Waals surface area contributed by atoms with E-state index in [1.54, 1.807) is 12.1 Å². The SMILES string of the molecule is CC(C)(C)OC(=O)CN1CCN(CCc2ccc(C(=O)O)cc2)CCN(CC(=O)OC(C)(C)C)CC1. The zero-order chi connectivity index (χ0) is 26.9. The fraction of sp³-hybridized carbons (Fsp3) is 0.667. The van der Waals surface area contributed by atoms with E-state index < -0.39 is 17.2 Å². The number of carboxylic acids is 1. The lowest BCUT2D eigenvalue weighted by Crippen LogP contribution is -2.42. The number of rotatable bonds is 8. The van der Waals surface area contributed by atoms with Gasteiger partial charge in [-0.1, -0.05) is 12.1 Å². The van der Waals surface area contributed by atoms with Crippen molar-refractivity contribution >= 4 is 17.9 Å². The third kappa shape index (κ3) is 12.0. The van der Waals surface area contributed by atoms with Gasteiger partial charge < -0.3 is 19.5 Å². The molecule has 1 heterocycles. The first-order chi connectivity index (χ1) is 16.7. The summed E-state index contributed by atoms with van der Waals surface area (Å²) in [5.41, 5.74) is 0.261. The van der Waals surface area contributed by atoms with Gasteiger partial charge in [0.15, 0.2) is 0 Å². The Kier molecular flexibility index (Phi) is 10.9. The standard InChI is InChI=1S/C27H43N3O6/c1-26(2,3)35-23(31)19-29-15-13-28(12-11-21-7-9-22(10-8-21)25(33)34)14-16-30(18-17-29)20-24(32)36-27(4,5)6/h7-10H,11-20H2,1-6H3,(H,33,34). The molecule has 0 atom stereocenters. The molecule has 0 aliphatic carbocycles. The molecule has 0 spiro atoms. The molecule has 1 aromatic rings. The van der Waals surface area contributed by atoms with Crippen LogP contribution in [0.3, 0.4) is 0 Å². The fourth-order valence-electron chi connectivity index (χ4n) is 3.94. The normalized spacial score (nSPS) is 17.1. The minimum absolute atomic E-state index is 0.196. The van der Waals surface area contributed by atoms with Crippen molar-refractivity contribution in [3.05, 3.63) is 35.4 Å². The second kappa shape index (κ2) is 13.2. The van der Waals surface area contributed by atoms with E-state index in [2.05, 4.69) is 14.7 Å². The van der Waals surface area contributed by atoms with Crippen LogP contribution in [0.4, 0.5) is 0 Å². The predicted octanol–water partition coefficient (Wildman–Crippen LogP) is 2.53. The molecule has 9 heteroatoms. The first kappa shape index (κ1) is 29.7. The Morgan fingerprint density at radius 1 is 0.722 bits per heavy atom. The van der Waals surface area contributed by atoms with Crippen molar-refractivity contribution in [3.63, 3.8) is 0 Å². The number of esters is 2. The summed E-state index contributed by atoms with van der Waals surface area (Å²) in [6.45, 7) is 16.6. The number of nitrogens with zero attached hydrogens (tertiary/aromatic N) is 3. The lowest BCUT2D eigenvalue weighted by Gasteiger charge is -2.27. The fourth-order valence-corrected chi connectivity index (χ4v) is 3.94. The summed E-state index contributed by atoms with van der Waals surface area (Å²) in [5.74, 6) is -1.45. The number of carboxylic acid groups (broad SMARTS) is 1. The van der Waals surface area contributed by atoms with Crippen LogP contribution in [-0.4, -0.2) is 108 Å². The predicted molar refractivity (Wildman–Crippen MR) is 138 cm³/mol. The van der Waals surface area contributed by atoms with E-state index >= 15 is 0 Å². The zero-order valence-corrected chi connectivity index (χ0v) is 22.7. The maximum absolute atomic E-state index is 12.5. The summed E-state index contributed by atoms with van der Waals surface area (Å²) in [6, 6.07) is 6.95. The summed E-state index contributed by atoms with van der Waals surface area (Å²) < 4.78 is 11.0. The first-order valence-electron chi connectivity index (χ1n) is 12.6. The van der Waals surface area contributed by atoms with E-state index in [0.29, 0.717) is 26.2 Å². The van der Waals surface area contributed by atoms with Crippen LogP contribution < -0.4 is 0 Å². The van der Waals surface area contributed by atoms with Crippen LogP contribution >= 0.6 is 0 Å². The molecular weight excluding hydrogens is 462 g/mol. The number of hydrogen-bond donors (Lipinski definition) is 1. The van der Waals surface area contributed by atoms with E-state index in [4.69, 9.17) is 14.6 Å². The molecule has 1 saturated heterocycles. The molecule has 0 bridgehead atoms. The van der Waals surface area contributed by atoms with Gasteiger partial charge in [0, 0.05) is 45.8 Å². The van der Waals surface area contributed by atoms with Gasteiger partial charge in [-0.05, 0) is 65.7 Å². The second-order valence-electron chi connectivity index (χ2n) is 11.3. The van der Waals surface area contributed by atoms with Crippen LogP contribution in [-0.2, 0) is 25.5 Å². The lowest BCUT2D eigenvalue weighted by atomic mass is 10.1. The molecule has 0 unspecified atom stereocenters. The lowest BCUT2D eigenvalue weighted by molar-refractivity contribution is -0.158. The van der Waals surface area contributed by atoms with Gasteiger partial charge in [-0.25, -0.2) is 4.79 Å². The molecule has 0 aromatic heterocycles. The monoisotopic (exact) mass is 505 g/mol. The van der Waals surface area contributed by atoms with Crippen molar-refractivity contribution in [2.24, 2.45) is 0 Å². The van der Waals surface area contributed by atoms with E-state index in [1.165, 1.54) is 0 Å². The van der Waals surface area contributed by atoms with Gasteiger partial charge in [0.2, 0.25) is 0 Å². The molecule has 1 fully saturated rings. The largest absolute Gasteiger partial charge is 0.478 e. The van der Waals surface area contributed by atoms with Gasteiger partial charge in [0.05, 0.1) is 18.7 Å². The number of carbonyl (C=O) groups is 3. The molecule has 1 N–H and O–H groups in total. The quantitative estimate of drug-likeness (QED) is 0.534. The third-order valence-electron chi connectivity index (χ3n) is 5.66. The van der Waals surface area contributed by atoms with Gasteiger partial charge >= 0.3 is 17.9 Å². The summed E-state index contributed by atoms with van der Waals surface area (Å²) in [4.78, 5) is 42.6. The number of carbonyl (C=O) groups excluding carboxylic acids is 2. The van der Waals surface area contributed by atoms with E-state index in [1.807, 2.05) is 53.7 Å². The molecule has 1 aromatic carbocycles. The Labute approximate surface area is 215 Å². The van der Waals surface area contributed by atoms with Crippen LogP contribution in [0.5, 0.6) is 0 Å². The zero-order valence-electron chi connectivity index (χ0n) is 22.7. The van der Waals surface area contributed by atoms with Gasteiger partial charge in [0.25, 0.3) is 0 Å². The summed E-state index contributed by atoms with van der Waals surface area (Å²) >= 11 is 0. The van der Waals surface area contributed by atoms with Crippen LogP contribution in [0.1, 0.15) is 57.5 Å². The second-order valence-corrected chi connectivity index (χ2v) is 11.3. The molecule has 2 rings (SSSR count). The minimum Gasteiger partial charge on any atom is -0.478 e. The van der Waals surface area contributed by atoms with Crippen LogP contribution in [0.15, 0.2) is 24.3 Å². The smallest absolute Gasteiger partial charge is 0.335 e. The highest BCUT2D eigenvalue weighted by Gasteiger charge is 2.24. The maximum Gasteiger partial charge on any atom is 0.335 e. The van der Waals surface area contributed by atoms with Crippen molar-refractivity contribution in [1.29, 1.82) is 0 Å². The van der Waals surface area contributed by atoms with Gasteiger partial charge in [-0.15, -0.1) is 0 Å². The van der Waals surface area contributed by atoms with Crippen molar-refractivity contribution in [1.82, 2.24) is 14.7 Å². The van der Waals surface area contributed by atoms with Crippen LogP contribution in [0.25, 0.3) is 0 Å². The number of benzene rings is 1. The van der Waals surface area contributed by atoms with Crippen molar-refractivity contribution in [2.75, 3.05) is 58.9 Å². The average Bonchev–Trinajstić information content (AvgIpc) is 2.81. The van der Waals surface area contributed by atoms with E-state index in [0.717, 1.165) is 31.6 Å². The number of hydrogen-bond acceptors (Lipinski definition) is 8. The average molecular weight is 506 g/mol. The highest BCUT2D eigenvalue weighted by atomic mass is 16.6. The Morgan fingerprint density at radius 2 is 1.11 bits per heavy atom. The Morgan fingerprint density at radius 3 is 1.47 bits per heavy atom. The Balaban J connectivity index is 2.05. The summed E-state index contributed by atoms with van der Waals surface area (Å²) in [6.07, 6.45) is 0.776. The Hall–Kier alpha value is -2.49. The molecule has 0 amide bonds. The van der Waals surface area contributed by atoms with E-state index in [-0.39, 0.29) is 30.6 Å². The topological polar surface area (TPSA) is 99.6 Å². The summed E-state index contributed by atoms with van der Waals surface area (Å²) in [5, 5.41) is 9.11. The molecule has 0 radical (unpaired) electrons. The molecular formula is C27H43N3O6. The Bertz CT molecular complexity index is 831. The molecule has 36 heavy (non-hydrogen) atoms. The van der Waals surface area contributed by atoms with Gasteiger partial charge in [-0.3, -0.25) is 19.4 Å². The van der Waals surface area contributed by atoms with Crippen LogP contribution in [0, 0.1) is 0 Å². The van der Waals surface area contributed by atoms with E-state index in [9.17, 15) is 14.4 Å². The molecule has 202 valence electrons. The van der Waals surface area contributed by atoms with Crippen molar-refractivity contribution < 1.29 is 29.0 Å². The number of ether oxygens (including phenoxy) is 2. The van der Waals surface area contributed by atoms with Crippen molar-refractivity contribution in [3.8, 4) is 0 Å². The summed E-state index contributed by atoms with van der Waals surface area (Å²) in [7, 11) is 0. The first-order valence-corrected chi connectivity index (χ1v) is 12.6. The van der Waals surface area contributed by atoms with Gasteiger partial charge in [0.1, 0.15) is 11.2 Å². The van der Waals surface area contributed by atoms with Gasteiger partial charge in [-0.2, -0.15) is 0 Å². The van der Waals surface area contributed by atoms with Crippen molar-refractivity contribution in [2.45, 2.75) is 59.2 Å². The molecule has 0 saturated carbocycles. The molecule has 9 nitrogen and oxygen atoms in total. The minimum atomic E-state index is -0.934. The molecule has 1 aliphatic rings. The highest BCUT2D eigenvalue weighted by molar-refractivity contribution is 5.87.